The van der Waals surface area contributed by atoms with Crippen LogP contribution in [0.4, 0.5) is 5.13 Å². The van der Waals surface area contributed by atoms with Gasteiger partial charge in [-0.05, 0) is 18.3 Å². The Labute approximate surface area is 92.5 Å². The summed E-state index contributed by atoms with van der Waals surface area (Å²) in [5, 5.41) is 9.13. The van der Waals surface area contributed by atoms with E-state index in [1.165, 1.54) is 30.6 Å². The molecule has 1 aliphatic rings. The molecule has 0 aromatic carbocycles. The maximum absolute atomic E-state index is 5.55. The number of hydrogen-bond acceptors (Lipinski definition) is 5. The van der Waals surface area contributed by atoms with Gasteiger partial charge >= 0.3 is 0 Å². The van der Waals surface area contributed by atoms with Gasteiger partial charge in [0.1, 0.15) is 0 Å². The second kappa shape index (κ2) is 3.70. The molecule has 0 bridgehead atoms. The molecule has 14 heavy (non-hydrogen) atoms. The fourth-order valence-corrected chi connectivity index (χ4v) is 4.09. The molecule has 1 unspecified atom stereocenters. The maximum Gasteiger partial charge on any atom is 0.203 e. The van der Waals surface area contributed by atoms with Crippen LogP contribution in [0, 0.1) is 5.41 Å². The van der Waals surface area contributed by atoms with Crippen molar-refractivity contribution < 1.29 is 0 Å². The highest BCUT2D eigenvalue weighted by Crippen LogP contribution is 2.47. The number of aromatic nitrogens is 2. The van der Waals surface area contributed by atoms with Crippen LogP contribution in [0.25, 0.3) is 0 Å². The van der Waals surface area contributed by atoms with Crippen LogP contribution in [0.5, 0.6) is 0 Å². The van der Waals surface area contributed by atoms with Crippen molar-refractivity contribution in [1.29, 1.82) is 0 Å². The van der Waals surface area contributed by atoms with Crippen LogP contribution in [-0.2, 0) is 0 Å². The van der Waals surface area contributed by atoms with Crippen LogP contribution >= 0.6 is 23.1 Å². The summed E-state index contributed by atoms with van der Waals surface area (Å²) in [5.41, 5.74) is 5.99. The SMILES string of the molecule is CC1(C)CCCC1Sc1nnc(N)s1. The summed E-state index contributed by atoms with van der Waals surface area (Å²) in [6, 6.07) is 0. The van der Waals surface area contributed by atoms with Crippen molar-refractivity contribution in [3.8, 4) is 0 Å². The number of hydrogen-bond donors (Lipinski definition) is 1. The molecule has 1 aliphatic carbocycles. The van der Waals surface area contributed by atoms with Crippen LogP contribution in [0.15, 0.2) is 4.34 Å². The third-order valence-corrected chi connectivity index (χ3v) is 5.35. The van der Waals surface area contributed by atoms with Crippen molar-refractivity contribution in [2.24, 2.45) is 5.41 Å². The fourth-order valence-electron chi connectivity index (χ4n) is 1.90. The third kappa shape index (κ3) is 2.03. The van der Waals surface area contributed by atoms with E-state index in [-0.39, 0.29) is 0 Å². The van der Waals surface area contributed by atoms with E-state index in [4.69, 9.17) is 5.73 Å². The molecule has 5 heteroatoms. The number of nitrogen functional groups attached to an aromatic ring is 1. The molecule has 2 rings (SSSR count). The lowest BCUT2D eigenvalue weighted by atomic mass is 9.92. The molecule has 1 aromatic rings. The van der Waals surface area contributed by atoms with Crippen LogP contribution < -0.4 is 5.73 Å². The van der Waals surface area contributed by atoms with E-state index in [0.29, 0.717) is 15.8 Å². The highest BCUT2D eigenvalue weighted by Gasteiger charge is 2.35. The predicted octanol–water partition coefficient (Wildman–Crippen LogP) is 2.79. The highest BCUT2D eigenvalue weighted by atomic mass is 32.2. The van der Waals surface area contributed by atoms with Crippen LogP contribution in [0.3, 0.4) is 0 Å². The molecule has 3 nitrogen and oxygen atoms in total. The van der Waals surface area contributed by atoms with Gasteiger partial charge < -0.3 is 5.73 Å². The average molecular weight is 229 g/mol. The Kier molecular flexibility index (Phi) is 2.70. The van der Waals surface area contributed by atoms with Gasteiger partial charge in [0.2, 0.25) is 5.13 Å². The first-order valence-corrected chi connectivity index (χ1v) is 6.53. The fraction of sp³-hybridized carbons (Fsp3) is 0.778. The van der Waals surface area contributed by atoms with Crippen molar-refractivity contribution in [2.45, 2.75) is 42.7 Å². The molecule has 1 aromatic heterocycles. The summed E-state index contributed by atoms with van der Waals surface area (Å²) >= 11 is 3.34. The molecule has 1 atom stereocenters. The number of rotatable bonds is 2. The van der Waals surface area contributed by atoms with Crippen molar-refractivity contribution in [2.75, 3.05) is 5.73 Å². The molecule has 78 valence electrons. The Morgan fingerprint density at radius 2 is 2.29 bits per heavy atom. The molecule has 2 N–H and O–H groups in total. The van der Waals surface area contributed by atoms with Crippen molar-refractivity contribution in [3.63, 3.8) is 0 Å². The first kappa shape index (κ1) is 10.2. The summed E-state index contributed by atoms with van der Waals surface area (Å²) in [6.07, 6.45) is 3.94. The van der Waals surface area contributed by atoms with Crippen molar-refractivity contribution in [3.05, 3.63) is 0 Å². The molecule has 0 amide bonds. The lowest BCUT2D eigenvalue weighted by Gasteiger charge is -2.25. The number of thioether (sulfide) groups is 1. The van der Waals surface area contributed by atoms with Gasteiger partial charge in [-0.1, -0.05) is 43.4 Å². The zero-order valence-corrected chi connectivity index (χ0v) is 10.1. The van der Waals surface area contributed by atoms with Gasteiger partial charge in [-0.3, -0.25) is 0 Å². The summed E-state index contributed by atoms with van der Waals surface area (Å²) < 4.78 is 1.02. The van der Waals surface area contributed by atoms with E-state index in [9.17, 15) is 0 Å². The van der Waals surface area contributed by atoms with Crippen LogP contribution in [0.1, 0.15) is 33.1 Å². The lowest BCUT2D eigenvalue weighted by Crippen LogP contribution is -2.19. The molecule has 0 radical (unpaired) electrons. The zero-order valence-electron chi connectivity index (χ0n) is 8.49. The van der Waals surface area contributed by atoms with Gasteiger partial charge in [0.05, 0.1) is 0 Å². The third-order valence-electron chi connectivity index (χ3n) is 2.82. The largest absolute Gasteiger partial charge is 0.374 e. The molecular weight excluding hydrogens is 214 g/mol. The second-order valence-electron chi connectivity index (χ2n) is 4.39. The maximum atomic E-state index is 5.55. The van der Waals surface area contributed by atoms with E-state index >= 15 is 0 Å². The van der Waals surface area contributed by atoms with Gasteiger partial charge in [0, 0.05) is 5.25 Å². The molecule has 1 saturated carbocycles. The highest BCUT2D eigenvalue weighted by molar-refractivity contribution is 8.01. The van der Waals surface area contributed by atoms with Gasteiger partial charge in [0.15, 0.2) is 4.34 Å². The van der Waals surface area contributed by atoms with Gasteiger partial charge in [-0.2, -0.15) is 0 Å². The minimum absolute atomic E-state index is 0.436. The van der Waals surface area contributed by atoms with E-state index in [0.717, 1.165) is 4.34 Å². The normalized spacial score (nSPS) is 25.4. The minimum Gasteiger partial charge on any atom is -0.374 e. The molecule has 1 fully saturated rings. The van der Waals surface area contributed by atoms with Gasteiger partial charge in [-0.25, -0.2) is 0 Å². The first-order chi connectivity index (χ1) is 6.58. The summed E-state index contributed by atoms with van der Waals surface area (Å²) in [4.78, 5) is 0. The van der Waals surface area contributed by atoms with Crippen molar-refractivity contribution >= 4 is 28.2 Å². The van der Waals surface area contributed by atoms with Gasteiger partial charge in [-0.15, -0.1) is 10.2 Å². The first-order valence-electron chi connectivity index (χ1n) is 4.83. The Morgan fingerprint density at radius 3 is 2.79 bits per heavy atom. The van der Waals surface area contributed by atoms with Crippen molar-refractivity contribution in [1.82, 2.24) is 10.2 Å². The number of nitrogens with two attached hydrogens (primary N) is 1. The van der Waals surface area contributed by atoms with Crippen LogP contribution in [0.2, 0.25) is 0 Å². The van der Waals surface area contributed by atoms with E-state index < -0.39 is 0 Å². The molecular formula is C9H15N3S2. The molecule has 0 saturated heterocycles. The smallest absolute Gasteiger partial charge is 0.203 e. The Morgan fingerprint density at radius 1 is 1.50 bits per heavy atom. The monoisotopic (exact) mass is 229 g/mol. The zero-order chi connectivity index (χ0) is 10.2. The Bertz CT molecular complexity index is 322. The molecule has 0 aliphatic heterocycles. The Hall–Kier alpha value is -0.290. The van der Waals surface area contributed by atoms with Gasteiger partial charge in [0.25, 0.3) is 0 Å². The lowest BCUT2D eigenvalue weighted by molar-refractivity contribution is 0.393. The molecule has 0 spiro atoms. The quantitative estimate of drug-likeness (QED) is 0.847. The van der Waals surface area contributed by atoms with E-state index in [2.05, 4.69) is 24.0 Å². The molecule has 1 heterocycles. The Balaban J connectivity index is 2.04. The average Bonchev–Trinajstić information content (AvgIpc) is 2.61. The summed E-state index contributed by atoms with van der Waals surface area (Å²) in [5.74, 6) is 0. The second-order valence-corrected chi connectivity index (χ2v) is 6.85. The predicted molar refractivity (Wildman–Crippen MR) is 61.6 cm³/mol. The van der Waals surface area contributed by atoms with E-state index in [1.807, 2.05) is 11.8 Å². The minimum atomic E-state index is 0.436. The summed E-state index contributed by atoms with van der Waals surface area (Å²) in [6.45, 7) is 4.67. The standard InChI is InChI=1S/C9H15N3S2/c1-9(2)5-3-4-6(9)13-8-12-11-7(10)14-8/h6H,3-5H2,1-2H3,(H2,10,11). The number of anilines is 1. The summed E-state index contributed by atoms with van der Waals surface area (Å²) in [7, 11) is 0. The number of nitrogens with zero attached hydrogens (tertiary/aromatic N) is 2. The van der Waals surface area contributed by atoms with E-state index in [1.54, 1.807) is 0 Å². The van der Waals surface area contributed by atoms with Crippen LogP contribution in [-0.4, -0.2) is 15.4 Å². The topological polar surface area (TPSA) is 51.8 Å².